The highest BCUT2D eigenvalue weighted by Gasteiger charge is 2.25. The molecule has 0 saturated heterocycles. The molecule has 1 aliphatic carbocycles. The van der Waals surface area contributed by atoms with Gasteiger partial charge in [0.25, 0.3) is 0 Å². The molecule has 0 bridgehead atoms. The first kappa shape index (κ1) is 9.52. The Labute approximate surface area is 83.3 Å². The summed E-state index contributed by atoms with van der Waals surface area (Å²) in [4.78, 5) is 11.8. The number of hydrogen-bond donors (Lipinski definition) is 1. The van der Waals surface area contributed by atoms with Crippen LogP contribution in [0.2, 0.25) is 0 Å². The van der Waals surface area contributed by atoms with E-state index in [0.717, 1.165) is 19.3 Å². The highest BCUT2D eigenvalue weighted by atomic mass is 16.1. The zero-order valence-corrected chi connectivity index (χ0v) is 8.52. The van der Waals surface area contributed by atoms with Crippen LogP contribution in [0.1, 0.15) is 32.2 Å². The van der Waals surface area contributed by atoms with E-state index in [4.69, 9.17) is 5.73 Å². The first-order valence-electron chi connectivity index (χ1n) is 5.25. The van der Waals surface area contributed by atoms with Gasteiger partial charge in [0.2, 0.25) is 0 Å². The van der Waals surface area contributed by atoms with Crippen molar-refractivity contribution in [2.75, 3.05) is 0 Å². The van der Waals surface area contributed by atoms with Crippen molar-refractivity contribution in [1.82, 2.24) is 9.13 Å². The van der Waals surface area contributed by atoms with Gasteiger partial charge in [-0.2, -0.15) is 0 Å². The van der Waals surface area contributed by atoms with Gasteiger partial charge in [0.1, 0.15) is 0 Å². The smallest absolute Gasteiger partial charge is 0.326 e. The Balaban J connectivity index is 2.14. The lowest BCUT2D eigenvalue weighted by molar-refractivity contribution is 0.517. The second-order valence-corrected chi connectivity index (χ2v) is 4.04. The van der Waals surface area contributed by atoms with E-state index in [-0.39, 0.29) is 11.7 Å². The summed E-state index contributed by atoms with van der Waals surface area (Å²) in [5.41, 5.74) is 5.90. The Morgan fingerprint density at radius 1 is 1.57 bits per heavy atom. The Hall–Kier alpha value is -1.03. The SMILES string of the molecule is CCC(N)Cn1ccn(C2CC2)c1=O. The number of aromatic nitrogens is 2. The summed E-state index contributed by atoms with van der Waals surface area (Å²) >= 11 is 0. The van der Waals surface area contributed by atoms with Crippen LogP contribution in [0.3, 0.4) is 0 Å². The summed E-state index contributed by atoms with van der Waals surface area (Å²) in [6.45, 7) is 2.67. The van der Waals surface area contributed by atoms with E-state index >= 15 is 0 Å². The fourth-order valence-electron chi connectivity index (χ4n) is 1.58. The fraction of sp³-hybridized carbons (Fsp3) is 0.700. The van der Waals surface area contributed by atoms with Gasteiger partial charge in [-0.3, -0.25) is 9.13 Å². The van der Waals surface area contributed by atoms with Gasteiger partial charge < -0.3 is 5.73 Å². The average molecular weight is 195 g/mol. The molecule has 14 heavy (non-hydrogen) atoms. The first-order chi connectivity index (χ1) is 6.72. The molecule has 2 N–H and O–H groups in total. The van der Waals surface area contributed by atoms with Crippen molar-refractivity contribution < 1.29 is 0 Å². The maximum absolute atomic E-state index is 11.8. The molecule has 1 saturated carbocycles. The van der Waals surface area contributed by atoms with Crippen LogP contribution in [-0.2, 0) is 6.54 Å². The van der Waals surface area contributed by atoms with Crippen molar-refractivity contribution in [2.24, 2.45) is 5.73 Å². The largest absolute Gasteiger partial charge is 0.328 e. The molecule has 0 aliphatic heterocycles. The number of nitrogens with zero attached hydrogens (tertiary/aromatic N) is 2. The summed E-state index contributed by atoms with van der Waals surface area (Å²) in [5.74, 6) is 0. The van der Waals surface area contributed by atoms with Crippen LogP contribution < -0.4 is 11.4 Å². The molecule has 1 aromatic rings. The molecule has 0 amide bonds. The minimum atomic E-state index is 0.0859. The molecule has 2 rings (SSSR count). The molecular formula is C10H17N3O. The maximum Gasteiger partial charge on any atom is 0.328 e. The lowest BCUT2D eigenvalue weighted by Gasteiger charge is -2.07. The van der Waals surface area contributed by atoms with Crippen LogP contribution in [0, 0.1) is 0 Å². The zero-order chi connectivity index (χ0) is 10.1. The van der Waals surface area contributed by atoms with Crippen LogP contribution in [-0.4, -0.2) is 15.2 Å². The Bertz CT molecular complexity index is 362. The van der Waals surface area contributed by atoms with E-state index in [1.165, 1.54) is 0 Å². The Kier molecular flexibility index (Phi) is 2.46. The van der Waals surface area contributed by atoms with Gasteiger partial charge in [0.15, 0.2) is 0 Å². The van der Waals surface area contributed by atoms with E-state index in [1.54, 1.807) is 4.57 Å². The van der Waals surface area contributed by atoms with Crippen molar-refractivity contribution >= 4 is 0 Å². The van der Waals surface area contributed by atoms with Crippen LogP contribution in [0.5, 0.6) is 0 Å². The van der Waals surface area contributed by atoms with Gasteiger partial charge in [0, 0.05) is 31.0 Å². The quantitative estimate of drug-likeness (QED) is 0.769. The van der Waals surface area contributed by atoms with E-state index in [2.05, 4.69) is 0 Å². The van der Waals surface area contributed by atoms with E-state index in [9.17, 15) is 4.79 Å². The third-order valence-corrected chi connectivity index (χ3v) is 2.77. The predicted octanol–water partition coefficient (Wildman–Crippen LogP) is 0.722. The minimum absolute atomic E-state index is 0.0859. The third-order valence-electron chi connectivity index (χ3n) is 2.77. The van der Waals surface area contributed by atoms with Crippen LogP contribution >= 0.6 is 0 Å². The normalized spacial score (nSPS) is 18.4. The summed E-state index contributed by atoms with van der Waals surface area (Å²) in [6.07, 6.45) is 6.91. The van der Waals surface area contributed by atoms with E-state index in [1.807, 2.05) is 23.9 Å². The molecule has 0 spiro atoms. The van der Waals surface area contributed by atoms with E-state index in [0.29, 0.717) is 12.6 Å². The van der Waals surface area contributed by atoms with Crippen LogP contribution in [0.4, 0.5) is 0 Å². The van der Waals surface area contributed by atoms with E-state index < -0.39 is 0 Å². The highest BCUT2D eigenvalue weighted by Crippen LogP contribution is 2.33. The second kappa shape index (κ2) is 3.61. The summed E-state index contributed by atoms with van der Waals surface area (Å²) in [6, 6.07) is 0.546. The molecule has 78 valence electrons. The van der Waals surface area contributed by atoms with Crippen molar-refractivity contribution in [2.45, 2.75) is 44.8 Å². The summed E-state index contributed by atoms with van der Waals surface area (Å²) in [7, 11) is 0. The highest BCUT2D eigenvalue weighted by molar-refractivity contribution is 4.91. The fourth-order valence-corrected chi connectivity index (χ4v) is 1.58. The van der Waals surface area contributed by atoms with Crippen molar-refractivity contribution in [1.29, 1.82) is 0 Å². The van der Waals surface area contributed by atoms with Gasteiger partial charge in [-0.25, -0.2) is 4.79 Å². The van der Waals surface area contributed by atoms with Crippen LogP contribution in [0.25, 0.3) is 0 Å². The van der Waals surface area contributed by atoms with Gasteiger partial charge in [-0.1, -0.05) is 6.92 Å². The standard InChI is InChI=1S/C10H17N3O/c1-2-8(11)7-12-5-6-13(10(12)14)9-3-4-9/h5-6,8-9H,2-4,7,11H2,1H3. The van der Waals surface area contributed by atoms with Crippen molar-refractivity contribution in [3.05, 3.63) is 22.9 Å². The topological polar surface area (TPSA) is 52.9 Å². The van der Waals surface area contributed by atoms with Crippen molar-refractivity contribution in [3.8, 4) is 0 Å². The number of nitrogens with two attached hydrogens (primary N) is 1. The van der Waals surface area contributed by atoms with Gasteiger partial charge >= 0.3 is 5.69 Å². The van der Waals surface area contributed by atoms with Crippen LogP contribution in [0.15, 0.2) is 17.2 Å². The molecule has 4 nitrogen and oxygen atoms in total. The molecular weight excluding hydrogens is 178 g/mol. The molecule has 1 aromatic heterocycles. The monoisotopic (exact) mass is 195 g/mol. The lowest BCUT2D eigenvalue weighted by Crippen LogP contribution is -2.32. The molecule has 0 aromatic carbocycles. The Morgan fingerprint density at radius 2 is 2.29 bits per heavy atom. The molecule has 4 heteroatoms. The molecule has 1 unspecified atom stereocenters. The molecule has 1 fully saturated rings. The number of rotatable bonds is 4. The summed E-state index contributed by atoms with van der Waals surface area (Å²) < 4.78 is 3.54. The van der Waals surface area contributed by atoms with Crippen molar-refractivity contribution in [3.63, 3.8) is 0 Å². The Morgan fingerprint density at radius 3 is 2.86 bits per heavy atom. The molecule has 1 atom stereocenters. The summed E-state index contributed by atoms with van der Waals surface area (Å²) in [5, 5.41) is 0. The number of imidazole rings is 1. The molecule has 1 heterocycles. The van der Waals surface area contributed by atoms with Gasteiger partial charge in [-0.05, 0) is 19.3 Å². The predicted molar refractivity (Wildman–Crippen MR) is 55.2 cm³/mol. The van der Waals surface area contributed by atoms with Gasteiger partial charge in [-0.15, -0.1) is 0 Å². The maximum atomic E-state index is 11.8. The average Bonchev–Trinajstić information content (AvgIpc) is 2.95. The second-order valence-electron chi connectivity index (χ2n) is 4.04. The minimum Gasteiger partial charge on any atom is -0.326 e. The zero-order valence-electron chi connectivity index (χ0n) is 8.52. The van der Waals surface area contributed by atoms with Gasteiger partial charge in [0.05, 0.1) is 0 Å². The molecule has 0 radical (unpaired) electrons. The molecule has 1 aliphatic rings. The first-order valence-corrected chi connectivity index (χ1v) is 5.25. The number of hydrogen-bond acceptors (Lipinski definition) is 2. The lowest BCUT2D eigenvalue weighted by atomic mass is 10.2. The third kappa shape index (κ3) is 1.75.